The molecule has 0 bridgehead atoms. The molecule has 0 spiro atoms. The third-order valence-electron chi connectivity index (χ3n) is 3.59. The third-order valence-corrected chi connectivity index (χ3v) is 4.15. The van der Waals surface area contributed by atoms with Crippen LogP contribution in [-0.4, -0.2) is 32.1 Å². The summed E-state index contributed by atoms with van der Waals surface area (Å²) in [5, 5.41) is 10.7. The average molecular weight is 355 g/mol. The molecule has 1 N–H and O–H groups in total. The number of aromatic nitrogens is 3. The van der Waals surface area contributed by atoms with E-state index in [9.17, 15) is 14.3 Å². The number of aromatic hydroxyl groups is 1. The lowest BCUT2D eigenvalue weighted by molar-refractivity contribution is 0.101. The van der Waals surface area contributed by atoms with Crippen LogP contribution in [0.5, 0.6) is 5.88 Å². The maximum Gasteiger partial charge on any atom is 0.222 e. The Morgan fingerprint density at radius 2 is 1.88 bits per heavy atom. The lowest BCUT2D eigenvalue weighted by Gasteiger charge is -2.12. The second-order valence-corrected chi connectivity index (χ2v) is 6.02. The molecule has 7 heteroatoms. The van der Waals surface area contributed by atoms with Crippen molar-refractivity contribution >= 4 is 17.5 Å². The van der Waals surface area contributed by atoms with E-state index in [0.29, 0.717) is 27.7 Å². The van der Waals surface area contributed by atoms with E-state index in [-0.39, 0.29) is 23.0 Å². The van der Waals surface area contributed by atoms with Crippen LogP contribution in [0.2, 0.25) is 0 Å². The highest BCUT2D eigenvalue weighted by molar-refractivity contribution is 7.98. The summed E-state index contributed by atoms with van der Waals surface area (Å²) >= 11 is 1.39. The Bertz CT molecular complexity index is 946. The number of Topliss-reactive ketones (excluding diaryl/α,β-unsaturated/α-hetero) is 1. The van der Waals surface area contributed by atoms with Crippen molar-refractivity contribution in [2.24, 2.45) is 0 Å². The zero-order valence-corrected chi connectivity index (χ0v) is 14.3. The Balaban J connectivity index is 2.27. The number of ketones is 1. The molecule has 0 fully saturated rings. The van der Waals surface area contributed by atoms with Crippen molar-refractivity contribution in [1.82, 2.24) is 15.0 Å². The van der Waals surface area contributed by atoms with Gasteiger partial charge in [0.2, 0.25) is 5.88 Å². The van der Waals surface area contributed by atoms with Crippen molar-refractivity contribution < 1.29 is 14.3 Å². The van der Waals surface area contributed by atoms with E-state index in [1.54, 1.807) is 30.5 Å². The van der Waals surface area contributed by atoms with E-state index in [1.807, 2.05) is 6.26 Å². The first kappa shape index (κ1) is 17.0. The molecule has 2 aromatic heterocycles. The van der Waals surface area contributed by atoms with E-state index < -0.39 is 0 Å². The fraction of sp³-hybridized carbons (Fsp3) is 0.111. The second kappa shape index (κ2) is 6.98. The quantitative estimate of drug-likeness (QED) is 0.433. The van der Waals surface area contributed by atoms with Crippen molar-refractivity contribution in [3.05, 3.63) is 54.0 Å². The fourth-order valence-electron chi connectivity index (χ4n) is 2.37. The van der Waals surface area contributed by atoms with Crippen LogP contribution in [0.25, 0.3) is 22.5 Å². The summed E-state index contributed by atoms with van der Waals surface area (Å²) in [6.07, 6.45) is 3.47. The number of pyridine rings is 1. The standard InChI is InChI=1S/C18H14FN3O2S/c1-10(23)13-9-14(15-7-8-20-18(21-15)25-2)16(22-17(13)24)11-3-5-12(19)6-4-11/h3-9H,1-2H3,(H,22,24). The molecule has 0 radical (unpaired) electrons. The van der Waals surface area contributed by atoms with E-state index in [1.165, 1.54) is 30.8 Å². The monoisotopic (exact) mass is 355 g/mol. The Labute approximate surface area is 148 Å². The maximum atomic E-state index is 13.2. The lowest BCUT2D eigenvalue weighted by Crippen LogP contribution is -2.00. The molecule has 126 valence electrons. The van der Waals surface area contributed by atoms with E-state index >= 15 is 0 Å². The molecule has 25 heavy (non-hydrogen) atoms. The zero-order valence-electron chi connectivity index (χ0n) is 13.5. The minimum Gasteiger partial charge on any atom is -0.493 e. The Morgan fingerprint density at radius 1 is 1.16 bits per heavy atom. The molecule has 1 aromatic carbocycles. The molecule has 3 rings (SSSR count). The summed E-state index contributed by atoms with van der Waals surface area (Å²) in [7, 11) is 0. The zero-order chi connectivity index (χ0) is 18.0. The Kier molecular flexibility index (Phi) is 4.76. The highest BCUT2D eigenvalue weighted by atomic mass is 32.2. The molecule has 0 aliphatic heterocycles. The highest BCUT2D eigenvalue weighted by Crippen LogP contribution is 2.34. The second-order valence-electron chi connectivity index (χ2n) is 5.25. The number of hydrogen-bond acceptors (Lipinski definition) is 6. The summed E-state index contributed by atoms with van der Waals surface area (Å²) in [6, 6.07) is 8.99. The molecule has 3 aromatic rings. The molecular weight excluding hydrogens is 341 g/mol. The number of rotatable bonds is 4. The van der Waals surface area contributed by atoms with Gasteiger partial charge in [-0.1, -0.05) is 11.8 Å². The third kappa shape index (κ3) is 3.51. The van der Waals surface area contributed by atoms with Crippen molar-refractivity contribution in [2.75, 3.05) is 6.26 Å². The van der Waals surface area contributed by atoms with Gasteiger partial charge in [0, 0.05) is 17.3 Å². The van der Waals surface area contributed by atoms with Crippen molar-refractivity contribution in [2.45, 2.75) is 12.1 Å². The normalized spacial score (nSPS) is 10.7. The smallest absolute Gasteiger partial charge is 0.222 e. The summed E-state index contributed by atoms with van der Waals surface area (Å²) in [5.74, 6) is -1.05. The van der Waals surface area contributed by atoms with Gasteiger partial charge >= 0.3 is 0 Å². The number of thioether (sulfide) groups is 1. The number of carbonyl (C=O) groups excluding carboxylic acids is 1. The fourth-order valence-corrected chi connectivity index (χ4v) is 2.73. The van der Waals surface area contributed by atoms with Crippen molar-refractivity contribution in [1.29, 1.82) is 0 Å². The number of carbonyl (C=O) groups is 1. The Morgan fingerprint density at radius 3 is 2.52 bits per heavy atom. The van der Waals surface area contributed by atoms with Gasteiger partial charge in [-0.25, -0.2) is 19.3 Å². The molecule has 0 aliphatic carbocycles. The van der Waals surface area contributed by atoms with E-state index in [4.69, 9.17) is 0 Å². The van der Waals surface area contributed by atoms with Gasteiger partial charge in [0.25, 0.3) is 0 Å². The molecule has 0 saturated carbocycles. The van der Waals surface area contributed by atoms with Crippen LogP contribution < -0.4 is 0 Å². The predicted molar refractivity (Wildman–Crippen MR) is 94.1 cm³/mol. The van der Waals surface area contributed by atoms with Crippen LogP contribution in [0.4, 0.5) is 4.39 Å². The molecule has 5 nitrogen and oxygen atoms in total. The molecular formula is C18H14FN3O2S. The summed E-state index contributed by atoms with van der Waals surface area (Å²) in [6.45, 7) is 1.35. The summed E-state index contributed by atoms with van der Waals surface area (Å²) in [5.41, 5.74) is 2.24. The first-order chi connectivity index (χ1) is 12.0. The van der Waals surface area contributed by atoms with Crippen molar-refractivity contribution in [3.63, 3.8) is 0 Å². The minimum atomic E-state index is -0.374. The molecule has 2 heterocycles. The van der Waals surface area contributed by atoms with Crippen LogP contribution >= 0.6 is 11.8 Å². The van der Waals surface area contributed by atoms with Crippen LogP contribution in [0, 0.1) is 5.82 Å². The SMILES string of the molecule is CSc1nccc(-c2cc(C(C)=O)c(O)nc2-c2ccc(F)cc2)n1. The molecule has 0 amide bonds. The first-order valence-corrected chi connectivity index (χ1v) is 8.60. The number of hydrogen-bond donors (Lipinski definition) is 1. The van der Waals surface area contributed by atoms with Gasteiger partial charge in [-0.3, -0.25) is 4.79 Å². The largest absolute Gasteiger partial charge is 0.493 e. The van der Waals surface area contributed by atoms with Gasteiger partial charge in [0.05, 0.1) is 17.0 Å². The average Bonchev–Trinajstić information content (AvgIpc) is 2.62. The van der Waals surface area contributed by atoms with Crippen LogP contribution in [-0.2, 0) is 0 Å². The molecule has 0 atom stereocenters. The summed E-state index contributed by atoms with van der Waals surface area (Å²) < 4.78 is 13.2. The van der Waals surface area contributed by atoms with Gasteiger partial charge in [0.1, 0.15) is 5.82 Å². The van der Waals surface area contributed by atoms with E-state index in [2.05, 4.69) is 15.0 Å². The van der Waals surface area contributed by atoms with Gasteiger partial charge in [0.15, 0.2) is 10.9 Å². The lowest BCUT2D eigenvalue weighted by atomic mass is 10.00. The highest BCUT2D eigenvalue weighted by Gasteiger charge is 2.18. The number of benzene rings is 1. The van der Waals surface area contributed by atoms with Gasteiger partial charge in [-0.05, 0) is 49.6 Å². The molecule has 0 aliphatic rings. The van der Waals surface area contributed by atoms with E-state index in [0.717, 1.165) is 0 Å². The van der Waals surface area contributed by atoms with Crippen LogP contribution in [0.15, 0.2) is 47.8 Å². The van der Waals surface area contributed by atoms with Crippen LogP contribution in [0.3, 0.4) is 0 Å². The predicted octanol–water partition coefficient (Wildman–Crippen LogP) is 3.97. The molecule has 0 unspecified atom stereocenters. The first-order valence-electron chi connectivity index (χ1n) is 7.38. The number of nitrogens with zero attached hydrogens (tertiary/aromatic N) is 3. The van der Waals surface area contributed by atoms with Gasteiger partial charge in [-0.2, -0.15) is 0 Å². The molecule has 0 saturated heterocycles. The van der Waals surface area contributed by atoms with Crippen molar-refractivity contribution in [3.8, 4) is 28.4 Å². The van der Waals surface area contributed by atoms with Gasteiger partial charge < -0.3 is 5.11 Å². The van der Waals surface area contributed by atoms with Crippen LogP contribution in [0.1, 0.15) is 17.3 Å². The topological polar surface area (TPSA) is 76.0 Å². The number of halogens is 1. The Hall–Kier alpha value is -2.80. The minimum absolute atomic E-state index is 0.102. The summed E-state index contributed by atoms with van der Waals surface area (Å²) in [4.78, 5) is 24.5. The van der Waals surface area contributed by atoms with Gasteiger partial charge in [-0.15, -0.1) is 0 Å². The maximum absolute atomic E-state index is 13.2.